The fourth-order valence-electron chi connectivity index (χ4n) is 3.82. The highest BCUT2D eigenvalue weighted by molar-refractivity contribution is 7.89. The number of hydrogen-bond donors (Lipinski definition) is 1. The van der Waals surface area contributed by atoms with Gasteiger partial charge in [-0.15, -0.1) is 0 Å². The first kappa shape index (κ1) is 22.7. The molecule has 1 heterocycles. The first-order chi connectivity index (χ1) is 14.6. The third kappa shape index (κ3) is 5.02. The Kier molecular flexibility index (Phi) is 6.61. The molecule has 1 aliphatic heterocycles. The van der Waals surface area contributed by atoms with Crippen LogP contribution in [-0.2, 0) is 10.0 Å². The fourth-order valence-corrected chi connectivity index (χ4v) is 5.50. The van der Waals surface area contributed by atoms with E-state index in [0.717, 1.165) is 6.42 Å². The molecule has 1 saturated heterocycles. The van der Waals surface area contributed by atoms with Gasteiger partial charge in [0.05, 0.1) is 23.0 Å². The number of nitrogens with zero attached hydrogens (tertiary/aromatic N) is 2. The Morgan fingerprint density at radius 2 is 1.74 bits per heavy atom. The maximum atomic E-state index is 13.0. The molecule has 10 heteroatoms. The van der Waals surface area contributed by atoms with Crippen LogP contribution >= 0.6 is 0 Å². The van der Waals surface area contributed by atoms with Gasteiger partial charge in [-0.3, -0.25) is 14.9 Å². The molecular formula is C21H25N3O6S. The lowest BCUT2D eigenvalue weighted by molar-refractivity contribution is -0.384. The Labute approximate surface area is 181 Å². The van der Waals surface area contributed by atoms with Crippen LogP contribution in [0.5, 0.6) is 5.75 Å². The molecule has 0 bridgehead atoms. The lowest BCUT2D eigenvalue weighted by atomic mass is 9.94. The SMILES string of the molecule is COc1ccc(NC(=O)c2ccc(S(=O)(=O)N3CC(C)CC(C)C3)cc2)c([N+](=O)[O-])c1. The normalized spacial score (nSPS) is 19.6. The van der Waals surface area contributed by atoms with E-state index in [2.05, 4.69) is 5.32 Å². The second-order valence-corrected chi connectivity index (χ2v) is 9.82. The third-order valence-corrected chi connectivity index (χ3v) is 7.09. The predicted octanol–water partition coefficient (Wildman–Crippen LogP) is 3.52. The Hall–Kier alpha value is -2.98. The summed E-state index contributed by atoms with van der Waals surface area (Å²) < 4.78 is 32.4. The number of rotatable bonds is 6. The van der Waals surface area contributed by atoms with Crippen LogP contribution in [0.3, 0.4) is 0 Å². The van der Waals surface area contributed by atoms with Crippen molar-refractivity contribution >= 4 is 27.3 Å². The van der Waals surface area contributed by atoms with Crippen LogP contribution in [0.15, 0.2) is 47.4 Å². The molecule has 1 amide bonds. The van der Waals surface area contributed by atoms with E-state index in [0.29, 0.717) is 18.8 Å². The van der Waals surface area contributed by atoms with Crippen LogP contribution in [0.25, 0.3) is 0 Å². The number of sulfonamides is 1. The van der Waals surface area contributed by atoms with E-state index in [1.54, 1.807) is 0 Å². The molecule has 1 aliphatic rings. The van der Waals surface area contributed by atoms with Gasteiger partial charge >= 0.3 is 0 Å². The molecule has 2 unspecified atom stereocenters. The van der Waals surface area contributed by atoms with E-state index in [-0.39, 0.29) is 33.7 Å². The molecule has 0 spiro atoms. The maximum Gasteiger partial charge on any atom is 0.296 e. The molecule has 2 aromatic carbocycles. The Morgan fingerprint density at radius 1 is 1.13 bits per heavy atom. The minimum absolute atomic E-state index is 0.0174. The van der Waals surface area contributed by atoms with Crippen LogP contribution in [0.1, 0.15) is 30.6 Å². The number of hydrogen-bond acceptors (Lipinski definition) is 6. The fraction of sp³-hybridized carbons (Fsp3) is 0.381. The molecule has 166 valence electrons. The molecular weight excluding hydrogens is 422 g/mol. The maximum absolute atomic E-state index is 13.0. The average Bonchev–Trinajstić information content (AvgIpc) is 2.73. The average molecular weight is 448 g/mol. The van der Waals surface area contributed by atoms with Gasteiger partial charge in [-0.1, -0.05) is 13.8 Å². The van der Waals surface area contributed by atoms with Crippen LogP contribution < -0.4 is 10.1 Å². The minimum atomic E-state index is -3.66. The zero-order valence-corrected chi connectivity index (χ0v) is 18.4. The number of carbonyl (C=O) groups excluding carboxylic acids is 1. The Morgan fingerprint density at radius 3 is 2.29 bits per heavy atom. The molecule has 2 aromatic rings. The van der Waals surface area contributed by atoms with Crippen molar-refractivity contribution in [3.05, 3.63) is 58.1 Å². The smallest absolute Gasteiger partial charge is 0.296 e. The summed E-state index contributed by atoms with van der Waals surface area (Å²) in [6.07, 6.45) is 0.989. The van der Waals surface area contributed by atoms with E-state index >= 15 is 0 Å². The van der Waals surface area contributed by atoms with Gasteiger partial charge in [0, 0.05) is 18.7 Å². The molecule has 0 radical (unpaired) electrons. The van der Waals surface area contributed by atoms with Crippen LogP contribution in [0.4, 0.5) is 11.4 Å². The van der Waals surface area contributed by atoms with Crippen LogP contribution in [0, 0.1) is 22.0 Å². The summed E-state index contributed by atoms with van der Waals surface area (Å²) in [7, 11) is -2.27. The topological polar surface area (TPSA) is 119 Å². The lowest BCUT2D eigenvalue weighted by Crippen LogP contribution is -2.42. The summed E-state index contributed by atoms with van der Waals surface area (Å²) in [6, 6.07) is 9.66. The predicted molar refractivity (Wildman–Crippen MR) is 116 cm³/mol. The highest BCUT2D eigenvalue weighted by atomic mass is 32.2. The summed E-state index contributed by atoms with van der Waals surface area (Å²) in [5.41, 5.74) is -0.103. The molecule has 9 nitrogen and oxygen atoms in total. The largest absolute Gasteiger partial charge is 0.496 e. The van der Waals surface area contributed by atoms with E-state index in [1.807, 2.05) is 13.8 Å². The van der Waals surface area contributed by atoms with Gasteiger partial charge in [0.2, 0.25) is 10.0 Å². The number of carbonyl (C=O) groups is 1. The highest BCUT2D eigenvalue weighted by Crippen LogP contribution is 2.30. The summed E-state index contributed by atoms with van der Waals surface area (Å²) in [6.45, 7) is 5.00. The van der Waals surface area contributed by atoms with Gasteiger partial charge in [0.1, 0.15) is 11.4 Å². The molecule has 0 aliphatic carbocycles. The van der Waals surface area contributed by atoms with Gasteiger partial charge in [0.25, 0.3) is 11.6 Å². The Balaban J connectivity index is 1.79. The van der Waals surface area contributed by atoms with Crippen molar-refractivity contribution in [2.45, 2.75) is 25.2 Å². The zero-order chi connectivity index (χ0) is 22.8. The van der Waals surface area contributed by atoms with Gasteiger partial charge in [-0.25, -0.2) is 8.42 Å². The summed E-state index contributed by atoms with van der Waals surface area (Å²) >= 11 is 0. The molecule has 1 fully saturated rings. The van der Waals surface area contributed by atoms with Gasteiger partial charge < -0.3 is 10.1 Å². The highest BCUT2D eigenvalue weighted by Gasteiger charge is 2.31. The molecule has 3 rings (SSSR count). The first-order valence-electron chi connectivity index (χ1n) is 9.85. The number of nitro groups is 1. The first-order valence-corrected chi connectivity index (χ1v) is 11.3. The summed E-state index contributed by atoms with van der Waals surface area (Å²) in [5, 5.41) is 13.8. The van der Waals surface area contributed by atoms with E-state index < -0.39 is 20.9 Å². The number of nitrogens with one attached hydrogen (secondary N) is 1. The lowest BCUT2D eigenvalue weighted by Gasteiger charge is -2.34. The van der Waals surface area contributed by atoms with E-state index in [1.165, 1.54) is 53.9 Å². The molecule has 2 atom stereocenters. The summed E-state index contributed by atoms with van der Waals surface area (Å²) in [5.74, 6) is 0.269. The molecule has 1 N–H and O–H groups in total. The van der Waals surface area contributed by atoms with Crippen molar-refractivity contribution in [2.24, 2.45) is 11.8 Å². The van der Waals surface area contributed by atoms with Crippen molar-refractivity contribution < 1.29 is 22.9 Å². The monoisotopic (exact) mass is 447 g/mol. The molecule has 0 saturated carbocycles. The number of ether oxygens (including phenoxy) is 1. The van der Waals surface area contributed by atoms with Gasteiger partial charge in [-0.05, 0) is 54.7 Å². The van der Waals surface area contributed by atoms with Gasteiger partial charge in [0.15, 0.2) is 0 Å². The van der Waals surface area contributed by atoms with E-state index in [4.69, 9.17) is 4.74 Å². The van der Waals surface area contributed by atoms with Crippen LogP contribution in [-0.4, -0.2) is 43.8 Å². The number of piperidine rings is 1. The molecule has 31 heavy (non-hydrogen) atoms. The Bertz CT molecular complexity index is 1070. The summed E-state index contributed by atoms with van der Waals surface area (Å²) in [4.78, 5) is 23.3. The minimum Gasteiger partial charge on any atom is -0.496 e. The number of anilines is 1. The van der Waals surface area contributed by atoms with Crippen molar-refractivity contribution in [1.82, 2.24) is 4.31 Å². The zero-order valence-electron chi connectivity index (χ0n) is 17.6. The number of benzene rings is 2. The van der Waals surface area contributed by atoms with Crippen LogP contribution in [0.2, 0.25) is 0 Å². The quantitative estimate of drug-likeness (QED) is 0.535. The number of amides is 1. The third-order valence-electron chi connectivity index (χ3n) is 5.24. The van der Waals surface area contributed by atoms with Crippen molar-refractivity contribution in [3.63, 3.8) is 0 Å². The number of nitro benzene ring substituents is 1. The van der Waals surface area contributed by atoms with Crippen molar-refractivity contribution in [2.75, 3.05) is 25.5 Å². The van der Waals surface area contributed by atoms with Crippen molar-refractivity contribution in [1.29, 1.82) is 0 Å². The number of methoxy groups -OCH3 is 1. The standard InChI is InChI=1S/C21H25N3O6S/c1-14-10-15(2)13-23(12-14)31(28,29)18-7-4-16(5-8-18)21(25)22-19-9-6-17(30-3)11-20(19)24(26)27/h4-9,11,14-15H,10,12-13H2,1-3H3,(H,22,25). The second-order valence-electron chi connectivity index (χ2n) is 7.89. The van der Waals surface area contributed by atoms with Gasteiger partial charge in [-0.2, -0.15) is 4.31 Å². The second kappa shape index (κ2) is 9.03. The van der Waals surface area contributed by atoms with Crippen molar-refractivity contribution in [3.8, 4) is 5.75 Å². The van der Waals surface area contributed by atoms with E-state index in [9.17, 15) is 23.3 Å². The molecule has 0 aromatic heterocycles.